The Hall–Kier alpha value is -3.50. The maximum absolute atomic E-state index is 9.28. The summed E-state index contributed by atoms with van der Waals surface area (Å²) in [5.74, 6) is 0.916. The molecule has 1 atom stereocenters. The van der Waals surface area contributed by atoms with E-state index in [0.29, 0.717) is 28.7 Å². The van der Waals surface area contributed by atoms with Gasteiger partial charge in [-0.05, 0) is 31.2 Å². The summed E-state index contributed by atoms with van der Waals surface area (Å²) in [5.41, 5.74) is 2.70. The summed E-state index contributed by atoms with van der Waals surface area (Å²) < 4.78 is 0. The minimum Gasteiger partial charge on any atom is -0.394 e. The molecule has 0 spiro atoms. The standard InChI is InChI=1S/C19H18N6O/c1-13(12-26)22-19-24-17(15-6-4-8-21-11-15)9-18(25-19)23-16-7-3-2-5-14(16)10-20/h2-9,11,13,26H,12H2,1H3,(H2,22,23,24,25)/t13-/m0/s1. The molecule has 26 heavy (non-hydrogen) atoms. The van der Waals surface area contributed by atoms with Gasteiger partial charge >= 0.3 is 0 Å². The Kier molecular flexibility index (Phi) is 5.37. The summed E-state index contributed by atoms with van der Waals surface area (Å²) in [4.78, 5) is 13.1. The summed E-state index contributed by atoms with van der Waals surface area (Å²) in [6.45, 7) is 1.79. The number of benzene rings is 1. The van der Waals surface area contributed by atoms with Crippen LogP contribution in [0.4, 0.5) is 17.5 Å². The molecule has 7 nitrogen and oxygen atoms in total. The lowest BCUT2D eigenvalue weighted by Crippen LogP contribution is -2.21. The highest BCUT2D eigenvalue weighted by Crippen LogP contribution is 2.24. The Morgan fingerprint density at radius 2 is 2.04 bits per heavy atom. The van der Waals surface area contributed by atoms with Crippen LogP contribution in [0.25, 0.3) is 11.3 Å². The fourth-order valence-corrected chi connectivity index (χ4v) is 2.33. The van der Waals surface area contributed by atoms with E-state index in [0.717, 1.165) is 5.56 Å². The predicted octanol–water partition coefficient (Wildman–Crippen LogP) is 2.95. The molecular weight excluding hydrogens is 328 g/mol. The van der Waals surface area contributed by atoms with Crippen LogP contribution in [0, 0.1) is 11.3 Å². The molecule has 0 saturated heterocycles. The zero-order chi connectivity index (χ0) is 18.4. The van der Waals surface area contributed by atoms with E-state index in [1.54, 1.807) is 30.6 Å². The van der Waals surface area contributed by atoms with Crippen molar-refractivity contribution < 1.29 is 5.11 Å². The average molecular weight is 346 g/mol. The van der Waals surface area contributed by atoms with Crippen molar-refractivity contribution >= 4 is 17.5 Å². The van der Waals surface area contributed by atoms with Crippen molar-refractivity contribution in [2.75, 3.05) is 17.2 Å². The maximum Gasteiger partial charge on any atom is 0.225 e. The smallest absolute Gasteiger partial charge is 0.225 e. The van der Waals surface area contributed by atoms with Crippen LogP contribution in [0.5, 0.6) is 0 Å². The second-order valence-corrected chi connectivity index (χ2v) is 5.71. The number of nitrogens with one attached hydrogen (secondary N) is 2. The van der Waals surface area contributed by atoms with Gasteiger partial charge in [-0.3, -0.25) is 4.98 Å². The normalized spacial score (nSPS) is 11.4. The van der Waals surface area contributed by atoms with Crippen molar-refractivity contribution in [1.29, 1.82) is 5.26 Å². The molecule has 1 aromatic carbocycles. The Labute approximate surface area is 151 Å². The molecule has 7 heteroatoms. The summed E-state index contributed by atoms with van der Waals surface area (Å²) in [6, 6.07) is 14.7. The number of pyridine rings is 1. The van der Waals surface area contributed by atoms with Gasteiger partial charge in [0.15, 0.2) is 0 Å². The predicted molar refractivity (Wildman–Crippen MR) is 99.9 cm³/mol. The van der Waals surface area contributed by atoms with Gasteiger partial charge in [-0.2, -0.15) is 10.2 Å². The number of aromatic nitrogens is 3. The minimum atomic E-state index is -0.196. The van der Waals surface area contributed by atoms with Crippen LogP contribution in [-0.2, 0) is 0 Å². The van der Waals surface area contributed by atoms with Crippen molar-refractivity contribution in [3.8, 4) is 17.3 Å². The van der Waals surface area contributed by atoms with Gasteiger partial charge in [0.05, 0.1) is 23.6 Å². The molecule has 0 aliphatic carbocycles. The van der Waals surface area contributed by atoms with E-state index in [4.69, 9.17) is 0 Å². The molecule has 130 valence electrons. The number of nitriles is 1. The van der Waals surface area contributed by atoms with Gasteiger partial charge in [-0.1, -0.05) is 12.1 Å². The van der Waals surface area contributed by atoms with E-state index in [-0.39, 0.29) is 12.6 Å². The molecule has 0 unspecified atom stereocenters. The molecule has 0 saturated carbocycles. The third kappa shape index (κ3) is 4.12. The number of nitrogens with zero attached hydrogens (tertiary/aromatic N) is 4. The van der Waals surface area contributed by atoms with Crippen molar-refractivity contribution in [2.45, 2.75) is 13.0 Å². The third-order valence-electron chi connectivity index (χ3n) is 3.64. The average Bonchev–Trinajstić information content (AvgIpc) is 2.69. The van der Waals surface area contributed by atoms with Gasteiger partial charge in [0.1, 0.15) is 11.9 Å². The Morgan fingerprint density at radius 3 is 2.77 bits per heavy atom. The molecule has 3 N–H and O–H groups in total. The van der Waals surface area contributed by atoms with Crippen LogP contribution in [0.1, 0.15) is 12.5 Å². The molecule has 2 aromatic heterocycles. The van der Waals surface area contributed by atoms with Crippen molar-refractivity contribution in [3.63, 3.8) is 0 Å². The fraction of sp³-hybridized carbons (Fsp3) is 0.158. The number of aliphatic hydroxyl groups excluding tert-OH is 1. The lowest BCUT2D eigenvalue weighted by atomic mass is 10.2. The van der Waals surface area contributed by atoms with E-state index in [2.05, 4.69) is 31.7 Å². The van der Waals surface area contributed by atoms with Crippen LogP contribution in [0.2, 0.25) is 0 Å². The largest absolute Gasteiger partial charge is 0.394 e. The highest BCUT2D eigenvalue weighted by Gasteiger charge is 2.10. The molecule has 0 bridgehead atoms. The SMILES string of the molecule is C[C@@H](CO)Nc1nc(Nc2ccccc2C#N)cc(-c2cccnc2)n1. The topological polar surface area (TPSA) is 107 Å². The van der Waals surface area contributed by atoms with Gasteiger partial charge in [-0.25, -0.2) is 4.98 Å². The first kappa shape index (κ1) is 17.3. The van der Waals surface area contributed by atoms with Gasteiger partial charge in [0.25, 0.3) is 0 Å². The van der Waals surface area contributed by atoms with Crippen molar-refractivity contribution in [3.05, 3.63) is 60.4 Å². The van der Waals surface area contributed by atoms with Gasteiger partial charge in [0, 0.05) is 30.1 Å². The molecule has 3 aromatic rings. The Morgan fingerprint density at radius 1 is 1.19 bits per heavy atom. The molecule has 3 rings (SSSR count). The molecule has 2 heterocycles. The highest BCUT2D eigenvalue weighted by molar-refractivity contribution is 5.69. The number of anilines is 3. The molecule has 0 radical (unpaired) electrons. The second kappa shape index (κ2) is 8.05. The van der Waals surface area contributed by atoms with Crippen LogP contribution in [0.15, 0.2) is 54.9 Å². The van der Waals surface area contributed by atoms with Crippen LogP contribution in [0.3, 0.4) is 0 Å². The highest BCUT2D eigenvalue weighted by atomic mass is 16.3. The third-order valence-corrected chi connectivity index (χ3v) is 3.64. The van der Waals surface area contributed by atoms with E-state index >= 15 is 0 Å². The van der Waals surface area contributed by atoms with Crippen molar-refractivity contribution in [2.24, 2.45) is 0 Å². The number of rotatable bonds is 6. The van der Waals surface area contributed by atoms with Gasteiger partial charge in [-0.15, -0.1) is 0 Å². The zero-order valence-electron chi connectivity index (χ0n) is 14.2. The minimum absolute atomic E-state index is 0.0412. The first-order valence-electron chi connectivity index (χ1n) is 8.12. The molecular formula is C19H18N6O. The van der Waals surface area contributed by atoms with E-state index in [1.807, 2.05) is 31.2 Å². The Bertz CT molecular complexity index is 923. The van der Waals surface area contributed by atoms with E-state index < -0.39 is 0 Å². The van der Waals surface area contributed by atoms with Crippen LogP contribution < -0.4 is 10.6 Å². The number of hydrogen-bond donors (Lipinski definition) is 3. The fourth-order valence-electron chi connectivity index (χ4n) is 2.33. The summed E-state index contributed by atoms with van der Waals surface area (Å²) in [6.07, 6.45) is 3.41. The lowest BCUT2D eigenvalue weighted by Gasteiger charge is -2.14. The zero-order valence-corrected chi connectivity index (χ0v) is 14.2. The quantitative estimate of drug-likeness (QED) is 0.630. The van der Waals surface area contributed by atoms with Crippen LogP contribution in [-0.4, -0.2) is 32.7 Å². The first-order chi connectivity index (χ1) is 12.7. The second-order valence-electron chi connectivity index (χ2n) is 5.71. The van der Waals surface area contributed by atoms with E-state index in [1.165, 1.54) is 0 Å². The molecule has 0 fully saturated rings. The monoisotopic (exact) mass is 346 g/mol. The molecule has 0 aliphatic heterocycles. The van der Waals surface area contributed by atoms with E-state index in [9.17, 15) is 10.4 Å². The molecule has 0 aliphatic rings. The summed E-state index contributed by atoms with van der Waals surface area (Å²) in [7, 11) is 0. The maximum atomic E-state index is 9.28. The summed E-state index contributed by atoms with van der Waals surface area (Å²) in [5, 5.41) is 24.8. The number of para-hydroxylation sites is 1. The van der Waals surface area contributed by atoms with Crippen molar-refractivity contribution in [1.82, 2.24) is 15.0 Å². The lowest BCUT2D eigenvalue weighted by molar-refractivity contribution is 0.281. The van der Waals surface area contributed by atoms with Crippen LogP contribution >= 0.6 is 0 Å². The number of aliphatic hydroxyl groups is 1. The van der Waals surface area contributed by atoms with Gasteiger partial charge in [0.2, 0.25) is 5.95 Å². The molecule has 0 amide bonds. The number of hydrogen-bond acceptors (Lipinski definition) is 7. The summed E-state index contributed by atoms with van der Waals surface area (Å²) >= 11 is 0. The first-order valence-corrected chi connectivity index (χ1v) is 8.12. The Balaban J connectivity index is 2.01. The van der Waals surface area contributed by atoms with Gasteiger partial charge < -0.3 is 15.7 Å².